The van der Waals surface area contributed by atoms with Crippen molar-refractivity contribution in [2.45, 2.75) is 11.8 Å². The quantitative estimate of drug-likeness (QED) is 0.574. The van der Waals surface area contributed by atoms with Crippen LogP contribution in [-0.2, 0) is 19.4 Å². The first kappa shape index (κ1) is 17.0. The summed E-state index contributed by atoms with van der Waals surface area (Å²) in [5, 5.41) is 0.938. The molecule has 6 heteroatoms. The van der Waals surface area contributed by atoms with Crippen LogP contribution in [0.5, 0.6) is 0 Å². The maximum absolute atomic E-state index is 12.8. The monoisotopic (exact) mass is 355 g/mol. The van der Waals surface area contributed by atoms with Gasteiger partial charge in [0.15, 0.2) is 4.91 Å². The van der Waals surface area contributed by atoms with Gasteiger partial charge in [0, 0.05) is 16.6 Å². The van der Waals surface area contributed by atoms with Gasteiger partial charge in [0.1, 0.15) is 0 Å². The molecule has 0 amide bonds. The van der Waals surface area contributed by atoms with Crippen molar-refractivity contribution in [1.29, 1.82) is 0 Å². The molecular formula is C19H17NO4S. The van der Waals surface area contributed by atoms with Crippen LogP contribution in [0.1, 0.15) is 11.3 Å². The van der Waals surface area contributed by atoms with Crippen molar-refractivity contribution in [2.75, 3.05) is 7.11 Å². The van der Waals surface area contributed by atoms with Gasteiger partial charge in [-0.3, -0.25) is 0 Å². The normalized spacial score (nSPS) is 12.3. The van der Waals surface area contributed by atoms with Gasteiger partial charge in [-0.15, -0.1) is 0 Å². The molecule has 1 N–H and O–H groups in total. The zero-order chi connectivity index (χ0) is 18.0. The van der Waals surface area contributed by atoms with E-state index in [2.05, 4.69) is 4.98 Å². The lowest BCUT2D eigenvalue weighted by molar-refractivity contribution is -0.135. The molecule has 0 atom stereocenters. The molecule has 0 unspecified atom stereocenters. The van der Waals surface area contributed by atoms with Crippen molar-refractivity contribution < 1.29 is 17.9 Å². The van der Waals surface area contributed by atoms with Gasteiger partial charge in [0.2, 0.25) is 9.84 Å². The number of H-pyrrole nitrogens is 1. The average molecular weight is 355 g/mol. The van der Waals surface area contributed by atoms with Crippen LogP contribution in [0.2, 0.25) is 0 Å². The number of benzene rings is 2. The van der Waals surface area contributed by atoms with E-state index >= 15 is 0 Å². The van der Waals surface area contributed by atoms with Gasteiger partial charge < -0.3 is 9.72 Å². The van der Waals surface area contributed by atoms with E-state index in [9.17, 15) is 13.2 Å². The molecule has 0 aliphatic heterocycles. The Morgan fingerprint density at radius 3 is 2.48 bits per heavy atom. The summed E-state index contributed by atoms with van der Waals surface area (Å²) in [7, 11) is -2.82. The number of ether oxygens (including phenoxy) is 1. The molecule has 128 valence electrons. The van der Waals surface area contributed by atoms with Gasteiger partial charge in [0.05, 0.1) is 12.0 Å². The van der Waals surface area contributed by atoms with E-state index in [0.717, 1.165) is 23.7 Å². The van der Waals surface area contributed by atoms with E-state index < -0.39 is 20.7 Å². The van der Waals surface area contributed by atoms with Crippen LogP contribution in [0.3, 0.4) is 0 Å². The largest absolute Gasteiger partial charge is 0.465 e. The fourth-order valence-electron chi connectivity index (χ4n) is 2.61. The second-order valence-electron chi connectivity index (χ2n) is 5.62. The van der Waals surface area contributed by atoms with Crippen LogP contribution in [0.15, 0.2) is 64.4 Å². The lowest BCUT2D eigenvalue weighted by Crippen LogP contribution is -2.15. The summed E-state index contributed by atoms with van der Waals surface area (Å²) in [5.41, 5.74) is 2.55. The van der Waals surface area contributed by atoms with Crippen molar-refractivity contribution >= 4 is 32.8 Å². The van der Waals surface area contributed by atoms with E-state index in [4.69, 9.17) is 4.74 Å². The number of carbonyl (C=O) groups excluding carboxylic acids is 1. The molecule has 0 aliphatic rings. The summed E-state index contributed by atoms with van der Waals surface area (Å²) in [5.74, 6) is -0.894. The molecule has 0 saturated heterocycles. The number of hydrogen-bond acceptors (Lipinski definition) is 4. The Balaban J connectivity index is 2.14. The van der Waals surface area contributed by atoms with Gasteiger partial charge in [0.25, 0.3) is 0 Å². The molecule has 3 aromatic rings. The Bertz CT molecular complexity index is 1060. The van der Waals surface area contributed by atoms with Crippen molar-refractivity contribution in [1.82, 2.24) is 4.98 Å². The molecule has 0 spiro atoms. The minimum Gasteiger partial charge on any atom is -0.465 e. The first-order valence-electron chi connectivity index (χ1n) is 7.61. The Labute approximate surface area is 145 Å². The smallest absolute Gasteiger partial charge is 0.349 e. The molecule has 3 rings (SSSR count). The molecule has 0 saturated carbocycles. The zero-order valence-electron chi connectivity index (χ0n) is 13.8. The summed E-state index contributed by atoms with van der Waals surface area (Å²) in [6.45, 7) is 1.94. The van der Waals surface area contributed by atoms with Crippen LogP contribution in [-0.4, -0.2) is 26.5 Å². The minimum atomic E-state index is -3.98. The number of hydrogen-bond donors (Lipinski definition) is 1. The van der Waals surface area contributed by atoms with Crippen molar-refractivity contribution in [2.24, 2.45) is 0 Å². The number of aromatic amines is 1. The maximum Gasteiger partial charge on any atom is 0.349 e. The third kappa shape index (κ3) is 3.34. The first-order valence-corrected chi connectivity index (χ1v) is 9.09. The topological polar surface area (TPSA) is 76.2 Å². The SMILES string of the molecule is COC(=O)C(=Cc1ccc2[nH]c(C)cc2c1)S(=O)(=O)c1ccccc1. The summed E-state index contributed by atoms with van der Waals surface area (Å²) in [6, 6.07) is 15.2. The Hall–Kier alpha value is -2.86. The molecule has 0 aliphatic carbocycles. The third-order valence-electron chi connectivity index (χ3n) is 3.81. The zero-order valence-corrected chi connectivity index (χ0v) is 14.6. The van der Waals surface area contributed by atoms with Crippen molar-refractivity contribution in [3.63, 3.8) is 0 Å². The highest BCUT2D eigenvalue weighted by Gasteiger charge is 2.27. The Kier molecular flexibility index (Phi) is 4.46. The number of sulfone groups is 1. The predicted octanol–water partition coefficient (Wildman–Crippen LogP) is 3.46. The lowest BCUT2D eigenvalue weighted by Gasteiger charge is -2.08. The second kappa shape index (κ2) is 6.57. The molecule has 5 nitrogen and oxygen atoms in total. The van der Waals surface area contributed by atoms with Crippen LogP contribution >= 0.6 is 0 Å². The molecule has 1 heterocycles. The van der Waals surface area contributed by atoms with Gasteiger partial charge in [-0.05, 0) is 48.9 Å². The van der Waals surface area contributed by atoms with Gasteiger partial charge in [-0.2, -0.15) is 0 Å². The standard InChI is InChI=1S/C19H17NO4S/c1-13-10-15-11-14(8-9-17(15)20-13)12-18(19(21)24-2)25(22,23)16-6-4-3-5-7-16/h3-12,20H,1-2H3. The minimum absolute atomic E-state index is 0.0465. The average Bonchev–Trinajstić information content (AvgIpc) is 2.99. The van der Waals surface area contributed by atoms with Gasteiger partial charge in [-0.25, -0.2) is 13.2 Å². The molecule has 0 radical (unpaired) electrons. The van der Waals surface area contributed by atoms with Crippen molar-refractivity contribution in [3.8, 4) is 0 Å². The number of fused-ring (bicyclic) bond motifs is 1. The van der Waals surface area contributed by atoms with Crippen LogP contribution < -0.4 is 0 Å². The van der Waals surface area contributed by atoms with Gasteiger partial charge in [-0.1, -0.05) is 24.3 Å². The Morgan fingerprint density at radius 1 is 1.08 bits per heavy atom. The lowest BCUT2D eigenvalue weighted by atomic mass is 10.1. The summed E-state index contributed by atoms with van der Waals surface area (Å²) in [6.07, 6.45) is 1.34. The molecule has 0 bridgehead atoms. The van der Waals surface area contributed by atoms with Crippen LogP contribution in [0, 0.1) is 6.92 Å². The molecule has 0 fully saturated rings. The molecule has 25 heavy (non-hydrogen) atoms. The van der Waals surface area contributed by atoms with E-state index in [0.29, 0.717) is 5.56 Å². The van der Waals surface area contributed by atoms with Crippen molar-refractivity contribution in [3.05, 3.63) is 70.8 Å². The molecule has 1 aromatic heterocycles. The Morgan fingerprint density at radius 2 is 1.80 bits per heavy atom. The number of carbonyl (C=O) groups is 1. The highest BCUT2D eigenvalue weighted by molar-refractivity contribution is 7.96. The summed E-state index contributed by atoms with van der Waals surface area (Å²) >= 11 is 0. The number of nitrogens with one attached hydrogen (secondary N) is 1. The number of esters is 1. The number of aromatic nitrogens is 1. The van der Waals surface area contributed by atoms with E-state index in [-0.39, 0.29) is 4.90 Å². The summed E-state index contributed by atoms with van der Waals surface area (Å²) in [4.78, 5) is 15.0. The molecule has 2 aromatic carbocycles. The van der Waals surface area contributed by atoms with E-state index in [1.54, 1.807) is 24.3 Å². The fraction of sp³-hybridized carbons (Fsp3) is 0.105. The molecular weight excluding hydrogens is 338 g/mol. The predicted molar refractivity (Wildman–Crippen MR) is 96.7 cm³/mol. The van der Waals surface area contributed by atoms with E-state index in [1.165, 1.54) is 18.2 Å². The third-order valence-corrected chi connectivity index (χ3v) is 5.56. The van der Waals surface area contributed by atoms with Gasteiger partial charge >= 0.3 is 5.97 Å². The van der Waals surface area contributed by atoms with E-state index in [1.807, 2.05) is 25.1 Å². The fourth-order valence-corrected chi connectivity index (χ4v) is 3.97. The summed E-state index contributed by atoms with van der Waals surface area (Å²) < 4.78 is 30.4. The van der Waals surface area contributed by atoms with Crippen LogP contribution in [0.4, 0.5) is 0 Å². The second-order valence-corrected chi connectivity index (χ2v) is 7.53. The number of rotatable bonds is 4. The number of methoxy groups -OCH3 is 1. The van der Waals surface area contributed by atoms with Crippen LogP contribution in [0.25, 0.3) is 17.0 Å². The number of aryl methyl sites for hydroxylation is 1. The maximum atomic E-state index is 12.8. The highest BCUT2D eigenvalue weighted by atomic mass is 32.2. The first-order chi connectivity index (χ1) is 11.9. The highest BCUT2D eigenvalue weighted by Crippen LogP contribution is 2.24.